The van der Waals surface area contributed by atoms with Crippen LogP contribution >= 0.6 is 12.2 Å². The van der Waals surface area contributed by atoms with Crippen LogP contribution in [0.15, 0.2) is 30.3 Å². The molecule has 18 heavy (non-hydrogen) atoms. The number of aromatic nitrogens is 1. The minimum Gasteiger partial charge on any atom is -0.496 e. The fraction of sp³-hybridized carbons (Fsp3) is 0.143. The summed E-state index contributed by atoms with van der Waals surface area (Å²) in [4.78, 5) is 3.06. The lowest BCUT2D eigenvalue weighted by molar-refractivity contribution is 0.416. The molecule has 3 nitrogen and oxygen atoms in total. The number of H-pyrrole nitrogens is 1. The zero-order valence-corrected chi connectivity index (χ0v) is 11.0. The van der Waals surface area contributed by atoms with Gasteiger partial charge in [-0.3, -0.25) is 0 Å². The van der Waals surface area contributed by atoms with Crippen LogP contribution in [0.1, 0.15) is 11.1 Å². The van der Waals surface area contributed by atoms with E-state index in [0.29, 0.717) is 10.2 Å². The van der Waals surface area contributed by atoms with Crippen LogP contribution in [0.3, 0.4) is 0 Å². The van der Waals surface area contributed by atoms with Crippen LogP contribution in [0.25, 0.3) is 11.3 Å². The maximum atomic E-state index is 8.86. The summed E-state index contributed by atoms with van der Waals surface area (Å²) in [6.07, 6.45) is 0. The molecule has 0 bridgehead atoms. The van der Waals surface area contributed by atoms with Crippen molar-refractivity contribution in [3.8, 4) is 23.1 Å². The SMILES string of the molecule is COc1ccc(C)cc1-c1ccc(C#N)c(=S)[nH]1. The summed E-state index contributed by atoms with van der Waals surface area (Å²) >= 11 is 5.13. The number of aromatic amines is 1. The van der Waals surface area contributed by atoms with Crippen molar-refractivity contribution in [2.45, 2.75) is 6.92 Å². The van der Waals surface area contributed by atoms with E-state index in [2.05, 4.69) is 4.98 Å². The van der Waals surface area contributed by atoms with Gasteiger partial charge in [-0.05, 0) is 31.2 Å². The Morgan fingerprint density at radius 2 is 2.06 bits per heavy atom. The lowest BCUT2D eigenvalue weighted by atomic mass is 10.1. The molecule has 0 spiro atoms. The third-order valence-electron chi connectivity index (χ3n) is 2.68. The number of ether oxygens (including phenoxy) is 1. The highest BCUT2D eigenvalue weighted by atomic mass is 32.1. The minimum absolute atomic E-state index is 0.443. The predicted molar refractivity (Wildman–Crippen MR) is 73.1 cm³/mol. The second kappa shape index (κ2) is 5.03. The molecule has 0 aliphatic rings. The number of pyridine rings is 1. The largest absolute Gasteiger partial charge is 0.496 e. The van der Waals surface area contributed by atoms with Crippen molar-refractivity contribution in [2.75, 3.05) is 7.11 Å². The molecule has 0 unspecified atom stereocenters. The molecule has 0 saturated heterocycles. The lowest BCUT2D eigenvalue weighted by Gasteiger charge is -2.09. The second-order valence-corrected chi connectivity index (χ2v) is 4.34. The molecular formula is C14H12N2OS. The van der Waals surface area contributed by atoms with Crippen LogP contribution in [-0.4, -0.2) is 12.1 Å². The molecule has 1 aromatic heterocycles. The van der Waals surface area contributed by atoms with Crippen molar-refractivity contribution in [3.63, 3.8) is 0 Å². The fourth-order valence-corrected chi connectivity index (χ4v) is 1.97. The van der Waals surface area contributed by atoms with Crippen LogP contribution < -0.4 is 4.74 Å². The Hall–Kier alpha value is -2.12. The van der Waals surface area contributed by atoms with E-state index in [9.17, 15) is 0 Å². The molecule has 2 aromatic rings. The molecule has 0 amide bonds. The van der Waals surface area contributed by atoms with Crippen LogP contribution in [0.2, 0.25) is 0 Å². The zero-order valence-electron chi connectivity index (χ0n) is 10.2. The number of hydrogen-bond acceptors (Lipinski definition) is 3. The van der Waals surface area contributed by atoms with Gasteiger partial charge in [0.2, 0.25) is 0 Å². The Morgan fingerprint density at radius 1 is 1.28 bits per heavy atom. The van der Waals surface area contributed by atoms with Gasteiger partial charge in [0.15, 0.2) is 0 Å². The zero-order chi connectivity index (χ0) is 13.1. The molecule has 1 aromatic carbocycles. The molecule has 0 atom stereocenters. The molecule has 2 rings (SSSR count). The van der Waals surface area contributed by atoms with Crippen molar-refractivity contribution < 1.29 is 4.74 Å². The second-order valence-electron chi connectivity index (χ2n) is 3.93. The highest BCUT2D eigenvalue weighted by molar-refractivity contribution is 7.71. The first-order valence-corrected chi connectivity index (χ1v) is 5.85. The van der Waals surface area contributed by atoms with E-state index >= 15 is 0 Å². The van der Waals surface area contributed by atoms with Crippen molar-refractivity contribution in [3.05, 3.63) is 46.1 Å². The summed E-state index contributed by atoms with van der Waals surface area (Å²) in [5, 5.41) is 8.86. The minimum atomic E-state index is 0.443. The molecule has 0 fully saturated rings. The summed E-state index contributed by atoms with van der Waals surface area (Å²) in [6, 6.07) is 11.5. The normalized spacial score (nSPS) is 9.83. The summed E-state index contributed by atoms with van der Waals surface area (Å²) in [5.74, 6) is 0.774. The average molecular weight is 256 g/mol. The fourth-order valence-electron chi connectivity index (χ4n) is 1.75. The predicted octanol–water partition coefficient (Wildman–Crippen LogP) is 3.60. The Labute approximate surface area is 111 Å². The average Bonchev–Trinajstić information content (AvgIpc) is 2.38. The van der Waals surface area contributed by atoms with Crippen LogP contribution in [0.5, 0.6) is 5.75 Å². The highest BCUT2D eigenvalue weighted by Gasteiger charge is 2.07. The molecular weight excluding hydrogens is 244 g/mol. The summed E-state index contributed by atoms with van der Waals surface area (Å²) in [5.41, 5.74) is 3.39. The first-order valence-electron chi connectivity index (χ1n) is 5.44. The van der Waals surface area contributed by atoms with Gasteiger partial charge in [0.25, 0.3) is 0 Å². The molecule has 0 radical (unpaired) electrons. The van der Waals surface area contributed by atoms with E-state index in [0.717, 1.165) is 22.6 Å². The monoisotopic (exact) mass is 256 g/mol. The van der Waals surface area contributed by atoms with Gasteiger partial charge in [-0.2, -0.15) is 5.26 Å². The van der Waals surface area contributed by atoms with E-state index in [1.807, 2.05) is 37.3 Å². The van der Waals surface area contributed by atoms with Crippen molar-refractivity contribution in [1.29, 1.82) is 5.26 Å². The number of hydrogen-bond donors (Lipinski definition) is 1. The first kappa shape index (κ1) is 12.3. The smallest absolute Gasteiger partial charge is 0.128 e. The van der Waals surface area contributed by atoms with Gasteiger partial charge >= 0.3 is 0 Å². The van der Waals surface area contributed by atoms with Crippen molar-refractivity contribution in [1.82, 2.24) is 4.98 Å². The molecule has 0 aliphatic heterocycles. The summed E-state index contributed by atoms with van der Waals surface area (Å²) in [7, 11) is 1.63. The molecule has 0 aliphatic carbocycles. The van der Waals surface area contributed by atoms with Gasteiger partial charge in [-0.15, -0.1) is 0 Å². The number of aryl methyl sites for hydroxylation is 1. The number of benzene rings is 1. The Balaban J connectivity index is 2.62. The van der Waals surface area contributed by atoms with E-state index < -0.39 is 0 Å². The van der Waals surface area contributed by atoms with Gasteiger partial charge < -0.3 is 9.72 Å². The van der Waals surface area contributed by atoms with Crippen molar-refractivity contribution >= 4 is 12.2 Å². The number of methoxy groups -OCH3 is 1. The maximum absolute atomic E-state index is 8.86. The van der Waals surface area contributed by atoms with Gasteiger partial charge in [0.1, 0.15) is 16.5 Å². The van der Waals surface area contributed by atoms with Crippen LogP contribution in [0.4, 0.5) is 0 Å². The third-order valence-corrected chi connectivity index (χ3v) is 3.00. The van der Waals surface area contributed by atoms with Crippen LogP contribution in [0, 0.1) is 22.9 Å². The first-order chi connectivity index (χ1) is 8.65. The van der Waals surface area contributed by atoms with Crippen molar-refractivity contribution in [2.24, 2.45) is 0 Å². The van der Waals surface area contributed by atoms with E-state index in [4.69, 9.17) is 22.2 Å². The number of nitrogens with zero attached hydrogens (tertiary/aromatic N) is 1. The highest BCUT2D eigenvalue weighted by Crippen LogP contribution is 2.29. The molecule has 90 valence electrons. The summed E-state index contributed by atoms with van der Waals surface area (Å²) < 4.78 is 5.78. The molecule has 4 heteroatoms. The van der Waals surface area contributed by atoms with Gasteiger partial charge in [0.05, 0.1) is 18.4 Å². The van der Waals surface area contributed by atoms with Gasteiger partial charge in [-0.1, -0.05) is 23.8 Å². The Morgan fingerprint density at radius 3 is 2.67 bits per heavy atom. The quantitative estimate of drug-likeness (QED) is 0.835. The Kier molecular flexibility index (Phi) is 3.45. The van der Waals surface area contributed by atoms with Crippen LogP contribution in [-0.2, 0) is 0 Å². The van der Waals surface area contributed by atoms with E-state index in [1.54, 1.807) is 13.2 Å². The molecule has 0 saturated carbocycles. The number of rotatable bonds is 2. The van der Waals surface area contributed by atoms with Gasteiger partial charge in [-0.25, -0.2) is 0 Å². The number of nitriles is 1. The van der Waals surface area contributed by atoms with E-state index in [1.165, 1.54) is 0 Å². The van der Waals surface area contributed by atoms with Gasteiger partial charge in [0, 0.05) is 5.56 Å². The topological polar surface area (TPSA) is 48.8 Å². The maximum Gasteiger partial charge on any atom is 0.128 e. The van der Waals surface area contributed by atoms with E-state index in [-0.39, 0.29) is 0 Å². The summed E-state index contributed by atoms with van der Waals surface area (Å²) in [6.45, 7) is 2.02. The third kappa shape index (κ3) is 2.27. The molecule has 1 heterocycles. The lowest BCUT2D eigenvalue weighted by Crippen LogP contribution is -1.92. The molecule has 1 N–H and O–H groups in total. The standard InChI is InChI=1S/C14H12N2OS/c1-9-3-6-13(17-2)11(7-9)12-5-4-10(8-15)14(18)16-12/h3-7H,1-2H3,(H,16,18). The Bertz CT molecular complexity index is 683. The number of nitrogens with one attached hydrogen (secondary N) is 1.